The number of rotatable bonds is 8. The Labute approximate surface area is 185 Å². The van der Waals surface area contributed by atoms with E-state index in [0.717, 1.165) is 0 Å². The molecule has 0 fully saturated rings. The lowest BCUT2D eigenvalue weighted by molar-refractivity contribution is 0.0909. The molecule has 3 rings (SSSR count). The second-order valence-corrected chi connectivity index (χ2v) is 8.23. The average Bonchev–Trinajstić information content (AvgIpc) is 2.79. The predicted molar refractivity (Wildman–Crippen MR) is 123 cm³/mol. The zero-order chi connectivity index (χ0) is 23.5. The first-order chi connectivity index (χ1) is 15.2. The molecular formula is C23H26N4O5. The van der Waals surface area contributed by atoms with E-state index < -0.39 is 28.3 Å². The largest absolute Gasteiger partial charge is 0.493 e. The van der Waals surface area contributed by atoms with Gasteiger partial charge in [0.05, 0.1) is 31.7 Å². The Morgan fingerprint density at radius 2 is 1.72 bits per heavy atom. The summed E-state index contributed by atoms with van der Waals surface area (Å²) in [5.74, 6) is 0.299. The lowest BCUT2D eigenvalue weighted by atomic mass is 9.91. The van der Waals surface area contributed by atoms with E-state index in [-0.39, 0.29) is 16.9 Å². The maximum Gasteiger partial charge on any atom is 0.256 e. The number of hydrogen-bond donors (Lipinski definition) is 3. The van der Waals surface area contributed by atoms with Crippen LogP contribution in [0.3, 0.4) is 0 Å². The highest BCUT2D eigenvalue weighted by atomic mass is 16.5. The third-order valence-electron chi connectivity index (χ3n) is 4.92. The Morgan fingerprint density at radius 3 is 2.31 bits per heavy atom. The van der Waals surface area contributed by atoms with E-state index in [2.05, 4.69) is 20.9 Å². The highest BCUT2D eigenvalue weighted by Gasteiger charge is 2.32. The minimum Gasteiger partial charge on any atom is -0.493 e. The van der Waals surface area contributed by atoms with Crippen LogP contribution in [0.2, 0.25) is 0 Å². The van der Waals surface area contributed by atoms with Crippen molar-refractivity contribution in [1.82, 2.24) is 10.3 Å². The van der Waals surface area contributed by atoms with Crippen molar-refractivity contribution < 1.29 is 14.3 Å². The molecular weight excluding hydrogens is 412 g/mol. The van der Waals surface area contributed by atoms with Crippen molar-refractivity contribution in [2.45, 2.75) is 26.9 Å². The number of anilines is 3. The molecule has 0 aliphatic carbocycles. The first kappa shape index (κ1) is 22.8. The summed E-state index contributed by atoms with van der Waals surface area (Å²) in [5, 5.41) is 8.85. The fraction of sp³-hybridized carbons (Fsp3) is 0.304. The van der Waals surface area contributed by atoms with Gasteiger partial charge < -0.3 is 25.4 Å². The standard InChI is InChI=1S/C23H26N4O5/c1-23(2,3)22(27-21(30)14-9-6-10-15(31-4)20(14)32-5)26-17-16(18(28)19(17)29)25-13-8-7-11-24-12-13/h6-12,22,25-26H,1-5H3,(H,27,30). The lowest BCUT2D eigenvalue weighted by Crippen LogP contribution is -2.51. The topological polar surface area (TPSA) is 119 Å². The molecule has 0 aliphatic rings. The van der Waals surface area contributed by atoms with Gasteiger partial charge in [-0.2, -0.15) is 0 Å². The fourth-order valence-corrected chi connectivity index (χ4v) is 3.12. The number of nitrogens with zero attached hydrogens (tertiary/aromatic N) is 1. The van der Waals surface area contributed by atoms with Crippen molar-refractivity contribution in [3.05, 3.63) is 68.7 Å². The number of nitrogens with one attached hydrogen (secondary N) is 3. The molecule has 0 bridgehead atoms. The second kappa shape index (κ2) is 9.09. The van der Waals surface area contributed by atoms with Gasteiger partial charge in [0, 0.05) is 11.6 Å². The molecule has 2 aromatic carbocycles. The summed E-state index contributed by atoms with van der Waals surface area (Å²) in [6.07, 6.45) is 2.46. The van der Waals surface area contributed by atoms with E-state index in [1.54, 1.807) is 42.7 Å². The second-order valence-electron chi connectivity index (χ2n) is 8.23. The monoisotopic (exact) mass is 438 g/mol. The van der Waals surface area contributed by atoms with Gasteiger partial charge in [-0.25, -0.2) is 0 Å². The number of hydrogen-bond acceptors (Lipinski definition) is 8. The van der Waals surface area contributed by atoms with Crippen molar-refractivity contribution in [1.29, 1.82) is 0 Å². The lowest BCUT2D eigenvalue weighted by Gasteiger charge is -2.34. The third-order valence-corrected chi connectivity index (χ3v) is 4.92. The molecule has 9 heteroatoms. The van der Waals surface area contributed by atoms with Crippen molar-refractivity contribution in [2.75, 3.05) is 24.9 Å². The highest BCUT2D eigenvalue weighted by molar-refractivity contribution is 5.98. The number of benzene rings is 1. The maximum atomic E-state index is 13.1. The first-order valence-electron chi connectivity index (χ1n) is 9.96. The highest BCUT2D eigenvalue weighted by Crippen LogP contribution is 2.31. The normalized spacial score (nSPS) is 12.2. The molecule has 32 heavy (non-hydrogen) atoms. The number of ether oxygens (including phenoxy) is 2. The van der Waals surface area contributed by atoms with E-state index in [4.69, 9.17) is 9.47 Å². The SMILES string of the molecule is COc1cccc(C(=O)NC(Nc2c(Nc3cccnc3)c(=O)c2=O)C(C)(C)C)c1OC. The van der Waals surface area contributed by atoms with Crippen molar-refractivity contribution >= 4 is 23.0 Å². The molecule has 1 heterocycles. The van der Waals surface area contributed by atoms with Gasteiger partial charge >= 0.3 is 0 Å². The molecule has 3 N–H and O–H groups in total. The fourth-order valence-electron chi connectivity index (χ4n) is 3.12. The molecule has 168 valence electrons. The van der Waals surface area contributed by atoms with Gasteiger partial charge in [0.2, 0.25) is 0 Å². The molecule has 1 amide bonds. The van der Waals surface area contributed by atoms with Crippen LogP contribution in [0.15, 0.2) is 52.3 Å². The molecule has 0 saturated heterocycles. The summed E-state index contributed by atoms with van der Waals surface area (Å²) >= 11 is 0. The Hall–Kier alpha value is -3.88. The summed E-state index contributed by atoms with van der Waals surface area (Å²) in [4.78, 5) is 41.5. The number of amides is 1. The van der Waals surface area contributed by atoms with Crippen LogP contribution in [0.4, 0.5) is 17.1 Å². The van der Waals surface area contributed by atoms with E-state index >= 15 is 0 Å². The van der Waals surface area contributed by atoms with Crippen LogP contribution >= 0.6 is 0 Å². The Bertz CT molecular complexity index is 1180. The Morgan fingerprint density at radius 1 is 1.00 bits per heavy atom. The van der Waals surface area contributed by atoms with Gasteiger partial charge in [0.15, 0.2) is 11.5 Å². The van der Waals surface area contributed by atoms with E-state index in [1.807, 2.05) is 20.8 Å². The average molecular weight is 438 g/mol. The molecule has 1 unspecified atom stereocenters. The molecule has 1 aromatic heterocycles. The van der Waals surface area contributed by atoms with Crippen molar-refractivity contribution in [3.63, 3.8) is 0 Å². The zero-order valence-corrected chi connectivity index (χ0v) is 18.6. The Kier molecular flexibility index (Phi) is 6.47. The molecule has 9 nitrogen and oxygen atoms in total. The van der Waals surface area contributed by atoms with Gasteiger partial charge in [-0.3, -0.25) is 19.4 Å². The minimum atomic E-state index is -0.677. The predicted octanol–water partition coefficient (Wildman–Crippen LogP) is 2.65. The van der Waals surface area contributed by atoms with Crippen molar-refractivity contribution in [2.24, 2.45) is 5.41 Å². The van der Waals surface area contributed by atoms with Crippen LogP contribution in [0.5, 0.6) is 11.5 Å². The number of carbonyl (C=O) groups excluding carboxylic acids is 1. The van der Waals surface area contributed by atoms with Crippen LogP contribution in [0.25, 0.3) is 0 Å². The van der Waals surface area contributed by atoms with Crippen LogP contribution in [-0.2, 0) is 0 Å². The van der Waals surface area contributed by atoms with Crippen molar-refractivity contribution in [3.8, 4) is 11.5 Å². The van der Waals surface area contributed by atoms with Gasteiger partial charge in [0.25, 0.3) is 16.8 Å². The summed E-state index contributed by atoms with van der Waals surface area (Å²) in [7, 11) is 2.94. The van der Waals surface area contributed by atoms with E-state index in [0.29, 0.717) is 17.2 Å². The third kappa shape index (κ3) is 4.56. The van der Waals surface area contributed by atoms with Gasteiger partial charge in [-0.1, -0.05) is 26.8 Å². The number of carbonyl (C=O) groups is 1. The number of pyridine rings is 1. The Balaban J connectivity index is 1.87. The van der Waals surface area contributed by atoms with Gasteiger partial charge in [-0.05, 0) is 24.3 Å². The minimum absolute atomic E-state index is 0.108. The van der Waals surface area contributed by atoms with Crippen LogP contribution < -0.4 is 36.3 Å². The van der Waals surface area contributed by atoms with Crippen LogP contribution in [0, 0.1) is 5.41 Å². The maximum absolute atomic E-state index is 13.1. The van der Waals surface area contributed by atoms with Crippen LogP contribution in [-0.4, -0.2) is 31.3 Å². The van der Waals surface area contributed by atoms with E-state index in [1.165, 1.54) is 14.2 Å². The zero-order valence-electron chi connectivity index (χ0n) is 18.6. The summed E-state index contributed by atoms with van der Waals surface area (Å²) in [5.41, 5.74) is -0.708. The van der Waals surface area contributed by atoms with Gasteiger partial charge in [0.1, 0.15) is 17.5 Å². The number of methoxy groups -OCH3 is 2. The molecule has 0 radical (unpaired) electrons. The number of aromatic nitrogens is 1. The summed E-state index contributed by atoms with van der Waals surface area (Å²) in [6, 6.07) is 8.42. The van der Waals surface area contributed by atoms with Crippen LogP contribution in [0.1, 0.15) is 31.1 Å². The molecule has 3 aromatic rings. The summed E-state index contributed by atoms with van der Waals surface area (Å²) in [6.45, 7) is 5.69. The first-order valence-corrected chi connectivity index (χ1v) is 9.96. The quantitative estimate of drug-likeness (QED) is 0.363. The number of para-hydroxylation sites is 1. The molecule has 0 saturated carbocycles. The smallest absolute Gasteiger partial charge is 0.256 e. The molecule has 0 aliphatic heterocycles. The molecule has 1 atom stereocenters. The molecule has 0 spiro atoms. The summed E-state index contributed by atoms with van der Waals surface area (Å²) < 4.78 is 10.6. The van der Waals surface area contributed by atoms with Gasteiger partial charge in [-0.15, -0.1) is 0 Å². The van der Waals surface area contributed by atoms with E-state index in [9.17, 15) is 14.4 Å².